The fraction of sp³-hybridized carbons (Fsp3) is 0.391. The molecule has 0 aliphatic carbocycles. The first-order valence-electron chi connectivity index (χ1n) is 9.61. The summed E-state index contributed by atoms with van der Waals surface area (Å²) in [6.45, 7) is 4.70. The van der Waals surface area contributed by atoms with E-state index in [4.69, 9.17) is 4.74 Å². The van der Waals surface area contributed by atoms with Crippen molar-refractivity contribution < 1.29 is 19.4 Å². The Kier molecular flexibility index (Phi) is 5.84. The van der Waals surface area contributed by atoms with Crippen molar-refractivity contribution in [3.05, 3.63) is 71.3 Å². The van der Waals surface area contributed by atoms with Crippen LogP contribution in [0.25, 0.3) is 0 Å². The molecule has 1 aliphatic heterocycles. The third kappa shape index (κ3) is 3.67. The first-order chi connectivity index (χ1) is 13.4. The zero-order valence-corrected chi connectivity index (χ0v) is 16.4. The Labute approximate surface area is 165 Å². The van der Waals surface area contributed by atoms with Gasteiger partial charge in [0.25, 0.3) is 0 Å². The third-order valence-electron chi connectivity index (χ3n) is 5.93. The van der Waals surface area contributed by atoms with Crippen LogP contribution in [-0.4, -0.2) is 36.7 Å². The van der Waals surface area contributed by atoms with Gasteiger partial charge in [-0.05, 0) is 43.4 Å². The van der Waals surface area contributed by atoms with E-state index in [1.165, 1.54) is 0 Å². The number of carboxylic acid groups (broad SMARTS) is 1. The molecule has 1 aliphatic rings. The van der Waals surface area contributed by atoms with Gasteiger partial charge >= 0.3 is 5.97 Å². The molecule has 1 saturated heterocycles. The van der Waals surface area contributed by atoms with E-state index in [1.807, 2.05) is 49.4 Å². The van der Waals surface area contributed by atoms with Crippen LogP contribution in [-0.2, 0) is 25.2 Å². The van der Waals surface area contributed by atoms with Gasteiger partial charge in [0.1, 0.15) is 5.41 Å². The van der Waals surface area contributed by atoms with Crippen LogP contribution in [0.2, 0.25) is 0 Å². The van der Waals surface area contributed by atoms with Crippen molar-refractivity contribution in [1.29, 1.82) is 0 Å². The van der Waals surface area contributed by atoms with Gasteiger partial charge in [0.15, 0.2) is 0 Å². The second-order valence-electron chi connectivity index (χ2n) is 7.70. The van der Waals surface area contributed by atoms with Crippen LogP contribution < -0.4 is 5.32 Å². The molecule has 2 N–H and O–H groups in total. The Bertz CT molecular complexity index is 843. The van der Waals surface area contributed by atoms with Gasteiger partial charge < -0.3 is 15.2 Å². The van der Waals surface area contributed by atoms with Crippen LogP contribution in [0.1, 0.15) is 36.5 Å². The molecule has 2 aromatic carbocycles. The molecule has 28 heavy (non-hydrogen) atoms. The maximum absolute atomic E-state index is 13.4. The van der Waals surface area contributed by atoms with E-state index < -0.39 is 16.8 Å². The van der Waals surface area contributed by atoms with Crippen molar-refractivity contribution in [2.75, 3.05) is 19.8 Å². The van der Waals surface area contributed by atoms with E-state index in [2.05, 4.69) is 5.32 Å². The number of ether oxygens (including phenoxy) is 1. The predicted octanol–water partition coefficient (Wildman–Crippen LogP) is 3.20. The summed E-state index contributed by atoms with van der Waals surface area (Å²) in [6.07, 6.45) is 1.16. The SMILES string of the molecule is Cc1ccccc1C1(C(=O)NCC(C)(C(=O)O)c2ccccc2)CCOCC1. The molecule has 0 aromatic heterocycles. The average molecular weight is 381 g/mol. The Hall–Kier alpha value is -2.66. The lowest BCUT2D eigenvalue weighted by atomic mass is 9.71. The number of aryl methyl sites for hydroxylation is 1. The highest BCUT2D eigenvalue weighted by Gasteiger charge is 2.44. The Morgan fingerprint density at radius 2 is 1.68 bits per heavy atom. The van der Waals surface area contributed by atoms with E-state index in [9.17, 15) is 14.7 Å². The van der Waals surface area contributed by atoms with Crippen molar-refractivity contribution in [3.63, 3.8) is 0 Å². The minimum Gasteiger partial charge on any atom is -0.481 e. The number of carbonyl (C=O) groups is 2. The minimum absolute atomic E-state index is 0.0274. The molecule has 1 unspecified atom stereocenters. The fourth-order valence-corrected chi connectivity index (χ4v) is 3.98. The quantitative estimate of drug-likeness (QED) is 0.806. The molecule has 1 fully saturated rings. The number of amides is 1. The second-order valence-corrected chi connectivity index (χ2v) is 7.70. The normalized spacial score (nSPS) is 18.1. The highest BCUT2D eigenvalue weighted by atomic mass is 16.5. The largest absolute Gasteiger partial charge is 0.481 e. The molecule has 0 saturated carbocycles. The molecule has 1 heterocycles. The maximum atomic E-state index is 13.4. The van der Waals surface area contributed by atoms with Gasteiger partial charge in [0, 0.05) is 19.8 Å². The van der Waals surface area contributed by atoms with Gasteiger partial charge in [0.2, 0.25) is 5.91 Å². The fourth-order valence-electron chi connectivity index (χ4n) is 3.98. The van der Waals surface area contributed by atoms with Crippen LogP contribution in [0, 0.1) is 6.92 Å². The minimum atomic E-state index is -1.20. The lowest BCUT2D eigenvalue weighted by Gasteiger charge is -2.38. The molecule has 1 atom stereocenters. The Morgan fingerprint density at radius 3 is 2.29 bits per heavy atom. The zero-order chi connectivity index (χ0) is 20.2. The molecule has 5 heteroatoms. The molecule has 3 rings (SSSR count). The summed E-state index contributed by atoms with van der Waals surface area (Å²) in [5.41, 5.74) is 0.824. The smallest absolute Gasteiger partial charge is 0.315 e. The summed E-state index contributed by atoms with van der Waals surface area (Å²) >= 11 is 0. The molecule has 0 radical (unpaired) electrons. The van der Waals surface area contributed by atoms with E-state index in [0.29, 0.717) is 31.6 Å². The highest BCUT2D eigenvalue weighted by molar-refractivity contribution is 5.90. The van der Waals surface area contributed by atoms with Crippen molar-refractivity contribution >= 4 is 11.9 Å². The van der Waals surface area contributed by atoms with Gasteiger partial charge in [0.05, 0.1) is 5.41 Å². The molecule has 1 amide bonds. The Balaban J connectivity index is 1.88. The maximum Gasteiger partial charge on any atom is 0.315 e. The topological polar surface area (TPSA) is 75.6 Å². The van der Waals surface area contributed by atoms with Gasteiger partial charge in [-0.1, -0.05) is 54.6 Å². The van der Waals surface area contributed by atoms with E-state index in [0.717, 1.165) is 11.1 Å². The van der Waals surface area contributed by atoms with Gasteiger partial charge in [-0.2, -0.15) is 0 Å². The summed E-state index contributed by atoms with van der Waals surface area (Å²) in [5, 5.41) is 12.8. The van der Waals surface area contributed by atoms with E-state index >= 15 is 0 Å². The van der Waals surface area contributed by atoms with E-state index in [1.54, 1.807) is 19.1 Å². The van der Waals surface area contributed by atoms with Gasteiger partial charge in [-0.3, -0.25) is 9.59 Å². The van der Waals surface area contributed by atoms with E-state index in [-0.39, 0.29) is 12.5 Å². The molecule has 2 aromatic rings. The number of nitrogens with one attached hydrogen (secondary N) is 1. The molecular formula is C23H27NO4. The lowest BCUT2D eigenvalue weighted by molar-refractivity contribution is -0.143. The van der Waals surface area contributed by atoms with Crippen molar-refractivity contribution in [2.24, 2.45) is 0 Å². The summed E-state index contributed by atoms with van der Waals surface area (Å²) in [7, 11) is 0. The summed E-state index contributed by atoms with van der Waals surface area (Å²) < 4.78 is 5.52. The van der Waals surface area contributed by atoms with Crippen molar-refractivity contribution in [1.82, 2.24) is 5.32 Å². The number of hydrogen-bond donors (Lipinski definition) is 2. The number of aliphatic carboxylic acids is 1. The van der Waals surface area contributed by atoms with Crippen LogP contribution in [0.5, 0.6) is 0 Å². The first kappa shape index (κ1) is 20.1. The molecule has 0 bridgehead atoms. The monoisotopic (exact) mass is 381 g/mol. The summed E-state index contributed by atoms with van der Waals surface area (Å²) in [6, 6.07) is 16.9. The van der Waals surface area contributed by atoms with Gasteiger partial charge in [-0.15, -0.1) is 0 Å². The molecule has 0 spiro atoms. The number of benzene rings is 2. The number of carboxylic acids is 1. The highest BCUT2D eigenvalue weighted by Crippen LogP contribution is 2.37. The number of carbonyl (C=O) groups excluding carboxylic acids is 1. The van der Waals surface area contributed by atoms with Crippen LogP contribution in [0.4, 0.5) is 0 Å². The predicted molar refractivity (Wildman–Crippen MR) is 107 cm³/mol. The zero-order valence-electron chi connectivity index (χ0n) is 16.4. The Morgan fingerprint density at radius 1 is 1.07 bits per heavy atom. The van der Waals surface area contributed by atoms with Crippen molar-refractivity contribution in [3.8, 4) is 0 Å². The van der Waals surface area contributed by atoms with Crippen LogP contribution in [0.15, 0.2) is 54.6 Å². The number of rotatable bonds is 6. The molecular weight excluding hydrogens is 354 g/mol. The second kappa shape index (κ2) is 8.15. The standard InChI is InChI=1S/C23H27NO4/c1-17-8-6-7-11-19(17)23(12-14-28-15-13-23)20(25)24-16-22(2,21(26)27)18-9-4-3-5-10-18/h3-11H,12-16H2,1-2H3,(H,24,25)(H,26,27). The molecule has 5 nitrogen and oxygen atoms in total. The summed E-state index contributed by atoms with van der Waals surface area (Å²) in [4.78, 5) is 25.5. The van der Waals surface area contributed by atoms with Crippen molar-refractivity contribution in [2.45, 2.75) is 37.5 Å². The lowest BCUT2D eigenvalue weighted by Crippen LogP contribution is -2.52. The van der Waals surface area contributed by atoms with Crippen LogP contribution in [0.3, 0.4) is 0 Å². The average Bonchev–Trinajstić information content (AvgIpc) is 2.73. The van der Waals surface area contributed by atoms with Crippen LogP contribution >= 0.6 is 0 Å². The third-order valence-corrected chi connectivity index (χ3v) is 5.93. The summed E-state index contributed by atoms with van der Waals surface area (Å²) in [5.74, 6) is -1.09. The molecule has 148 valence electrons. The number of hydrogen-bond acceptors (Lipinski definition) is 3. The first-order valence-corrected chi connectivity index (χ1v) is 9.61. The van der Waals surface area contributed by atoms with Gasteiger partial charge in [-0.25, -0.2) is 0 Å².